The molecule has 29 heavy (non-hydrogen) atoms. The fourth-order valence-corrected chi connectivity index (χ4v) is 3.61. The summed E-state index contributed by atoms with van der Waals surface area (Å²) in [4.78, 5) is 17.9. The van der Waals surface area contributed by atoms with Crippen LogP contribution in [0.3, 0.4) is 0 Å². The van der Waals surface area contributed by atoms with E-state index in [0.717, 1.165) is 49.2 Å². The summed E-state index contributed by atoms with van der Waals surface area (Å²) in [6, 6.07) is 14.7. The van der Waals surface area contributed by atoms with E-state index in [-0.39, 0.29) is 0 Å². The molecule has 150 valence electrons. The Bertz CT molecular complexity index is 920. The van der Waals surface area contributed by atoms with Gasteiger partial charge in [-0.05, 0) is 68.1 Å². The van der Waals surface area contributed by atoms with Crippen molar-refractivity contribution >= 4 is 23.1 Å². The van der Waals surface area contributed by atoms with Gasteiger partial charge in [-0.3, -0.25) is 4.98 Å². The number of rotatable bonds is 7. The van der Waals surface area contributed by atoms with Gasteiger partial charge in [0.15, 0.2) is 0 Å². The Morgan fingerprint density at radius 1 is 1.00 bits per heavy atom. The molecule has 3 heterocycles. The van der Waals surface area contributed by atoms with Gasteiger partial charge in [-0.25, -0.2) is 4.98 Å². The Balaban J connectivity index is 1.42. The number of hydrogen-bond acceptors (Lipinski definition) is 6. The lowest BCUT2D eigenvalue weighted by molar-refractivity contribution is 0.833. The lowest BCUT2D eigenvalue weighted by atomic mass is 10.2. The maximum Gasteiger partial charge on any atom is 0.227 e. The van der Waals surface area contributed by atoms with Crippen LogP contribution in [0.4, 0.5) is 23.1 Å². The monoisotopic (exact) mass is 388 g/mol. The van der Waals surface area contributed by atoms with Crippen LogP contribution in [0.15, 0.2) is 54.9 Å². The first-order valence-corrected chi connectivity index (χ1v) is 10.3. The Morgan fingerprint density at radius 3 is 2.45 bits per heavy atom. The molecule has 0 spiro atoms. The van der Waals surface area contributed by atoms with E-state index in [1.165, 1.54) is 24.1 Å². The molecular formula is C23H28N6. The summed E-state index contributed by atoms with van der Waals surface area (Å²) in [5.74, 6) is 1.55. The molecule has 1 fully saturated rings. The summed E-state index contributed by atoms with van der Waals surface area (Å²) < 4.78 is 0. The van der Waals surface area contributed by atoms with E-state index < -0.39 is 0 Å². The van der Waals surface area contributed by atoms with Crippen LogP contribution in [0, 0.1) is 6.92 Å². The minimum absolute atomic E-state index is 0.732. The van der Waals surface area contributed by atoms with Crippen molar-refractivity contribution in [3.8, 4) is 0 Å². The lowest BCUT2D eigenvalue weighted by Gasteiger charge is -2.19. The first-order chi connectivity index (χ1) is 14.2. The summed E-state index contributed by atoms with van der Waals surface area (Å²) >= 11 is 0. The number of nitrogens with one attached hydrogen (secondary N) is 1. The van der Waals surface area contributed by atoms with Gasteiger partial charge in [0.25, 0.3) is 0 Å². The summed E-state index contributed by atoms with van der Waals surface area (Å²) in [7, 11) is 2.03. The number of nitrogens with zero attached hydrogens (tertiary/aromatic N) is 5. The maximum atomic E-state index is 4.72. The molecule has 2 aromatic heterocycles. The number of anilines is 4. The van der Waals surface area contributed by atoms with E-state index in [1.807, 2.05) is 44.6 Å². The second-order valence-corrected chi connectivity index (χ2v) is 7.59. The van der Waals surface area contributed by atoms with E-state index in [9.17, 15) is 0 Å². The highest BCUT2D eigenvalue weighted by Gasteiger charge is 2.12. The quantitative estimate of drug-likeness (QED) is 0.655. The van der Waals surface area contributed by atoms with Gasteiger partial charge in [0, 0.05) is 62.2 Å². The molecule has 1 aromatic carbocycles. The minimum Gasteiger partial charge on any atom is -0.372 e. The molecule has 0 saturated carbocycles. The zero-order chi connectivity index (χ0) is 20.1. The van der Waals surface area contributed by atoms with E-state index in [2.05, 4.69) is 49.4 Å². The molecule has 0 radical (unpaired) electrons. The van der Waals surface area contributed by atoms with Crippen molar-refractivity contribution in [3.05, 3.63) is 66.1 Å². The fraction of sp³-hybridized carbons (Fsp3) is 0.348. The molecule has 1 saturated heterocycles. The third-order valence-electron chi connectivity index (χ3n) is 5.28. The standard InChI is InChI=1S/C23H28N6/c1-18-17-22(26-20-5-7-21(8-6-20)29-14-3-4-15-29)27-23(25-18)28(2)16-11-19-9-12-24-13-10-19/h5-10,12-13,17H,3-4,11,14-16H2,1-2H3,(H,25,26,27). The number of aryl methyl sites for hydroxylation is 1. The van der Waals surface area contributed by atoms with E-state index in [1.54, 1.807) is 0 Å². The van der Waals surface area contributed by atoms with Gasteiger partial charge in [-0.15, -0.1) is 0 Å². The molecule has 6 heteroatoms. The highest BCUT2D eigenvalue weighted by Crippen LogP contribution is 2.24. The first-order valence-electron chi connectivity index (χ1n) is 10.3. The molecule has 6 nitrogen and oxygen atoms in total. The Kier molecular flexibility index (Phi) is 5.89. The van der Waals surface area contributed by atoms with Gasteiger partial charge < -0.3 is 15.1 Å². The molecule has 3 aromatic rings. The van der Waals surface area contributed by atoms with Crippen molar-refractivity contribution < 1.29 is 0 Å². The predicted octanol–water partition coefficient (Wildman–Crippen LogP) is 4.20. The first kappa shape index (κ1) is 19.2. The molecule has 0 aliphatic carbocycles. The summed E-state index contributed by atoms with van der Waals surface area (Å²) in [5.41, 5.74) is 4.54. The SMILES string of the molecule is Cc1cc(Nc2ccc(N3CCCC3)cc2)nc(N(C)CCc2ccncc2)n1. The van der Waals surface area contributed by atoms with Crippen molar-refractivity contribution in [2.75, 3.05) is 41.8 Å². The molecule has 0 bridgehead atoms. The van der Waals surface area contributed by atoms with Crippen LogP contribution in [0.2, 0.25) is 0 Å². The Morgan fingerprint density at radius 2 is 1.72 bits per heavy atom. The molecule has 1 aliphatic rings. The third kappa shape index (κ3) is 5.02. The normalized spacial score (nSPS) is 13.5. The van der Waals surface area contributed by atoms with Crippen LogP contribution in [0.25, 0.3) is 0 Å². The van der Waals surface area contributed by atoms with E-state index >= 15 is 0 Å². The van der Waals surface area contributed by atoms with Gasteiger partial charge >= 0.3 is 0 Å². The van der Waals surface area contributed by atoms with Crippen molar-refractivity contribution in [2.45, 2.75) is 26.2 Å². The van der Waals surface area contributed by atoms with E-state index in [4.69, 9.17) is 4.98 Å². The Hall–Kier alpha value is -3.15. The zero-order valence-corrected chi connectivity index (χ0v) is 17.2. The largest absolute Gasteiger partial charge is 0.372 e. The average molecular weight is 389 g/mol. The zero-order valence-electron chi connectivity index (χ0n) is 17.2. The van der Waals surface area contributed by atoms with Gasteiger partial charge in [0.1, 0.15) is 5.82 Å². The van der Waals surface area contributed by atoms with Crippen LogP contribution in [0.5, 0.6) is 0 Å². The van der Waals surface area contributed by atoms with E-state index in [0.29, 0.717) is 0 Å². The molecule has 1 aliphatic heterocycles. The number of hydrogen-bond donors (Lipinski definition) is 1. The highest BCUT2D eigenvalue weighted by atomic mass is 15.2. The average Bonchev–Trinajstić information content (AvgIpc) is 3.28. The molecule has 4 rings (SSSR count). The van der Waals surface area contributed by atoms with Crippen LogP contribution < -0.4 is 15.1 Å². The summed E-state index contributed by atoms with van der Waals surface area (Å²) in [6.07, 6.45) is 7.16. The van der Waals surface area contributed by atoms with Gasteiger partial charge in [-0.1, -0.05) is 0 Å². The number of aromatic nitrogens is 3. The summed E-state index contributed by atoms with van der Waals surface area (Å²) in [6.45, 7) is 5.17. The van der Waals surface area contributed by atoms with Crippen molar-refractivity contribution in [3.63, 3.8) is 0 Å². The van der Waals surface area contributed by atoms with Gasteiger partial charge in [0.05, 0.1) is 0 Å². The molecule has 1 N–H and O–H groups in total. The highest BCUT2D eigenvalue weighted by molar-refractivity contribution is 5.62. The second kappa shape index (κ2) is 8.90. The van der Waals surface area contributed by atoms with Gasteiger partial charge in [-0.2, -0.15) is 4.98 Å². The molecule has 0 unspecified atom stereocenters. The smallest absolute Gasteiger partial charge is 0.227 e. The van der Waals surface area contributed by atoms with Crippen molar-refractivity contribution in [1.82, 2.24) is 15.0 Å². The van der Waals surface area contributed by atoms with Gasteiger partial charge in [0.2, 0.25) is 5.95 Å². The topological polar surface area (TPSA) is 57.2 Å². The molecule has 0 amide bonds. The molecule has 0 atom stereocenters. The minimum atomic E-state index is 0.732. The van der Waals surface area contributed by atoms with Crippen molar-refractivity contribution in [1.29, 1.82) is 0 Å². The van der Waals surface area contributed by atoms with Crippen LogP contribution in [-0.2, 0) is 6.42 Å². The summed E-state index contributed by atoms with van der Waals surface area (Å²) in [5, 5.41) is 3.43. The Labute approximate surface area is 172 Å². The second-order valence-electron chi connectivity index (χ2n) is 7.59. The maximum absolute atomic E-state index is 4.72. The van der Waals surface area contributed by atoms with Crippen LogP contribution >= 0.6 is 0 Å². The number of likely N-dealkylation sites (N-methyl/N-ethyl adjacent to an activating group) is 1. The van der Waals surface area contributed by atoms with Crippen molar-refractivity contribution in [2.24, 2.45) is 0 Å². The predicted molar refractivity (Wildman–Crippen MR) is 119 cm³/mol. The lowest BCUT2D eigenvalue weighted by Crippen LogP contribution is -2.23. The molecular weight excluding hydrogens is 360 g/mol. The third-order valence-corrected chi connectivity index (χ3v) is 5.28. The number of benzene rings is 1. The fourth-order valence-electron chi connectivity index (χ4n) is 3.61. The van der Waals surface area contributed by atoms with Crippen LogP contribution in [0.1, 0.15) is 24.1 Å². The number of pyridine rings is 1. The van der Waals surface area contributed by atoms with Crippen LogP contribution in [-0.4, -0.2) is 41.6 Å².